The number of hydrogen-bond donors (Lipinski definition) is 2. The smallest absolute Gasteiger partial charge is 0.337 e. The van der Waals surface area contributed by atoms with E-state index in [1.165, 1.54) is 7.11 Å². The van der Waals surface area contributed by atoms with Crippen molar-refractivity contribution in [1.29, 1.82) is 0 Å². The Kier molecular flexibility index (Phi) is 7.87. The molecule has 0 radical (unpaired) electrons. The number of ketones is 1. The first-order valence-electron chi connectivity index (χ1n) is 13.0. The number of ether oxygens (including phenoxy) is 2. The summed E-state index contributed by atoms with van der Waals surface area (Å²) in [5.74, 6) is -0.862. The van der Waals surface area contributed by atoms with Gasteiger partial charge in [0.15, 0.2) is 17.3 Å². The highest BCUT2D eigenvalue weighted by molar-refractivity contribution is 9.10. The molecular weight excluding hydrogens is 570 g/mol. The van der Waals surface area contributed by atoms with Crippen LogP contribution in [0.15, 0.2) is 63.4 Å². The summed E-state index contributed by atoms with van der Waals surface area (Å²) in [5, 5.41) is 14.5. The monoisotopic (exact) mass is 599 g/mol. The molecule has 2 atom stereocenters. The van der Waals surface area contributed by atoms with Gasteiger partial charge in [-0.3, -0.25) is 4.79 Å². The summed E-state index contributed by atoms with van der Waals surface area (Å²) < 4.78 is 11.8. The molecule has 1 aliphatic heterocycles. The Hall–Kier alpha value is -2.77. The third-order valence-electron chi connectivity index (χ3n) is 7.82. The Balaban J connectivity index is 1.58. The van der Waals surface area contributed by atoms with Crippen molar-refractivity contribution in [2.75, 3.05) is 7.11 Å². The maximum Gasteiger partial charge on any atom is 0.337 e. The van der Waals surface area contributed by atoms with Crippen molar-refractivity contribution >= 4 is 39.3 Å². The molecule has 2 N–H and O–H groups in total. The van der Waals surface area contributed by atoms with Crippen molar-refractivity contribution in [3.8, 4) is 11.5 Å². The fourth-order valence-electron chi connectivity index (χ4n) is 5.93. The standard InChI is InChI=1S/C30H31BrClNO5/c1-16-26(30(36)38-21-6-4-3-5-7-21)27(19-12-22(31)29(35)25(15-19)37-2)28-23(33-16)13-18(14-24(28)34)17-8-10-20(32)11-9-17/h8-12,15,18,21,27,33,35H,3-7,13-14H2,1-2H3/t18-,27-/m1/s1. The van der Waals surface area contributed by atoms with E-state index in [1.807, 2.05) is 31.2 Å². The van der Waals surface area contributed by atoms with Crippen LogP contribution in [0.5, 0.6) is 11.5 Å². The first kappa shape index (κ1) is 26.8. The molecule has 2 aliphatic carbocycles. The molecule has 0 spiro atoms. The van der Waals surface area contributed by atoms with E-state index in [2.05, 4.69) is 21.2 Å². The summed E-state index contributed by atoms with van der Waals surface area (Å²) in [6.07, 6.45) is 5.76. The largest absolute Gasteiger partial charge is 0.503 e. The summed E-state index contributed by atoms with van der Waals surface area (Å²) in [6.45, 7) is 1.86. The number of carbonyl (C=O) groups excluding carboxylic acids is 2. The van der Waals surface area contributed by atoms with Gasteiger partial charge in [0.05, 0.1) is 17.2 Å². The molecule has 3 aliphatic rings. The molecular formula is C30H31BrClNO5. The van der Waals surface area contributed by atoms with Gasteiger partial charge in [-0.15, -0.1) is 0 Å². The van der Waals surface area contributed by atoms with Crippen molar-refractivity contribution in [1.82, 2.24) is 5.32 Å². The average molecular weight is 601 g/mol. The number of phenols is 1. The number of aromatic hydroxyl groups is 1. The molecule has 0 bridgehead atoms. The van der Waals surface area contributed by atoms with E-state index < -0.39 is 11.9 Å². The molecule has 0 unspecified atom stereocenters. The van der Waals surface area contributed by atoms with Gasteiger partial charge in [0.1, 0.15) is 6.10 Å². The van der Waals surface area contributed by atoms with Gasteiger partial charge < -0.3 is 19.9 Å². The predicted octanol–water partition coefficient (Wildman–Crippen LogP) is 7.05. The van der Waals surface area contributed by atoms with Crippen LogP contribution in [0.2, 0.25) is 5.02 Å². The maximum atomic E-state index is 13.8. The molecule has 5 rings (SSSR count). The average Bonchev–Trinajstić information content (AvgIpc) is 2.90. The Morgan fingerprint density at radius 2 is 1.79 bits per heavy atom. The van der Waals surface area contributed by atoms with Gasteiger partial charge in [0.2, 0.25) is 0 Å². The number of hydrogen-bond acceptors (Lipinski definition) is 6. The molecule has 200 valence electrons. The van der Waals surface area contributed by atoms with Crippen molar-refractivity contribution in [2.45, 2.75) is 69.8 Å². The zero-order valence-electron chi connectivity index (χ0n) is 21.5. The number of carbonyl (C=O) groups is 2. The van der Waals surface area contributed by atoms with Gasteiger partial charge in [0, 0.05) is 34.3 Å². The number of benzene rings is 2. The fourth-order valence-corrected chi connectivity index (χ4v) is 6.51. The summed E-state index contributed by atoms with van der Waals surface area (Å²) in [7, 11) is 1.47. The number of methoxy groups -OCH3 is 1. The lowest BCUT2D eigenvalue weighted by molar-refractivity contribution is -0.146. The second kappa shape index (κ2) is 11.1. The number of nitrogens with one attached hydrogen (secondary N) is 1. The molecule has 0 saturated heterocycles. The number of rotatable bonds is 5. The van der Waals surface area contributed by atoms with Gasteiger partial charge in [-0.1, -0.05) is 30.2 Å². The Bertz CT molecular complexity index is 1330. The quantitative estimate of drug-likeness (QED) is 0.358. The van der Waals surface area contributed by atoms with Gasteiger partial charge in [0.25, 0.3) is 0 Å². The highest BCUT2D eigenvalue weighted by atomic mass is 79.9. The molecule has 8 heteroatoms. The Labute approximate surface area is 236 Å². The molecule has 1 heterocycles. The summed E-state index contributed by atoms with van der Waals surface area (Å²) in [4.78, 5) is 27.5. The van der Waals surface area contributed by atoms with E-state index in [0.717, 1.165) is 43.4 Å². The minimum Gasteiger partial charge on any atom is -0.503 e. The number of phenolic OH excluding ortho intramolecular Hbond substituents is 1. The van der Waals surface area contributed by atoms with E-state index in [1.54, 1.807) is 12.1 Å². The van der Waals surface area contributed by atoms with Crippen LogP contribution in [0.3, 0.4) is 0 Å². The Morgan fingerprint density at radius 1 is 1.08 bits per heavy atom. The zero-order valence-corrected chi connectivity index (χ0v) is 23.8. The van der Waals surface area contributed by atoms with Crippen LogP contribution in [-0.4, -0.2) is 30.1 Å². The van der Waals surface area contributed by atoms with Crippen molar-refractivity contribution < 1.29 is 24.2 Å². The molecule has 2 aromatic rings. The third kappa shape index (κ3) is 5.23. The number of halogens is 2. The van der Waals surface area contributed by atoms with Crippen LogP contribution in [0.4, 0.5) is 0 Å². The van der Waals surface area contributed by atoms with Gasteiger partial charge in [-0.05, 0) is 96.3 Å². The molecule has 38 heavy (non-hydrogen) atoms. The second-order valence-electron chi connectivity index (χ2n) is 10.3. The van der Waals surface area contributed by atoms with Crippen LogP contribution < -0.4 is 10.1 Å². The van der Waals surface area contributed by atoms with Crippen LogP contribution in [0.1, 0.15) is 74.8 Å². The minimum atomic E-state index is -0.646. The number of dihydropyridines is 1. The maximum absolute atomic E-state index is 13.8. The molecule has 2 aromatic carbocycles. The molecule has 1 fully saturated rings. The van der Waals surface area contributed by atoms with Crippen LogP contribution in [-0.2, 0) is 14.3 Å². The highest BCUT2D eigenvalue weighted by Gasteiger charge is 2.42. The van der Waals surface area contributed by atoms with Crippen LogP contribution >= 0.6 is 27.5 Å². The number of esters is 1. The Morgan fingerprint density at radius 3 is 2.47 bits per heavy atom. The normalized spacial score (nSPS) is 22.2. The first-order valence-corrected chi connectivity index (χ1v) is 14.2. The van der Waals surface area contributed by atoms with Gasteiger partial charge in [-0.25, -0.2) is 4.79 Å². The summed E-state index contributed by atoms with van der Waals surface area (Å²) in [5.41, 5.74) is 4.19. The van der Waals surface area contributed by atoms with Crippen molar-refractivity contribution in [3.05, 3.63) is 79.6 Å². The predicted molar refractivity (Wildman–Crippen MR) is 149 cm³/mol. The summed E-state index contributed by atoms with van der Waals surface area (Å²) >= 11 is 9.51. The van der Waals surface area contributed by atoms with Crippen LogP contribution in [0.25, 0.3) is 0 Å². The van der Waals surface area contributed by atoms with Crippen LogP contribution in [0, 0.1) is 0 Å². The first-order chi connectivity index (χ1) is 18.3. The number of Topliss-reactive ketones (excluding diaryl/α,β-unsaturated/α-hetero) is 1. The van der Waals surface area contributed by atoms with Crippen molar-refractivity contribution in [3.63, 3.8) is 0 Å². The second-order valence-corrected chi connectivity index (χ2v) is 11.6. The van der Waals surface area contributed by atoms with E-state index in [0.29, 0.717) is 44.7 Å². The van der Waals surface area contributed by atoms with Crippen molar-refractivity contribution in [2.24, 2.45) is 0 Å². The highest BCUT2D eigenvalue weighted by Crippen LogP contribution is 2.48. The van der Waals surface area contributed by atoms with Gasteiger partial charge >= 0.3 is 5.97 Å². The molecule has 0 aromatic heterocycles. The van der Waals surface area contributed by atoms with E-state index >= 15 is 0 Å². The lowest BCUT2D eigenvalue weighted by Gasteiger charge is -2.37. The third-order valence-corrected chi connectivity index (χ3v) is 8.68. The number of allylic oxidation sites excluding steroid dienone is 3. The van der Waals surface area contributed by atoms with E-state index in [9.17, 15) is 14.7 Å². The SMILES string of the molecule is COc1cc([C@@H]2C(C(=O)OC3CCCCC3)=C(C)NC3=C2C(=O)C[C@H](c2ccc(Cl)cc2)C3)cc(Br)c1O. The zero-order chi connectivity index (χ0) is 27.0. The van der Waals surface area contributed by atoms with E-state index in [4.69, 9.17) is 21.1 Å². The summed E-state index contributed by atoms with van der Waals surface area (Å²) in [6, 6.07) is 11.0. The van der Waals surface area contributed by atoms with E-state index in [-0.39, 0.29) is 29.3 Å². The lowest BCUT2D eigenvalue weighted by atomic mass is 9.71. The topological polar surface area (TPSA) is 84.9 Å². The van der Waals surface area contributed by atoms with Gasteiger partial charge in [-0.2, -0.15) is 0 Å². The minimum absolute atomic E-state index is 0.00343. The molecule has 0 amide bonds. The fraction of sp³-hybridized carbons (Fsp3) is 0.400. The molecule has 6 nitrogen and oxygen atoms in total. The molecule has 1 saturated carbocycles. The lowest BCUT2D eigenvalue weighted by Crippen LogP contribution is -2.37.